The molecule has 0 spiro atoms. The van der Waals surface area contributed by atoms with E-state index in [0.29, 0.717) is 16.2 Å². The summed E-state index contributed by atoms with van der Waals surface area (Å²) in [6, 6.07) is 10.7. The third-order valence-electron chi connectivity index (χ3n) is 4.51. The smallest absolute Gasteiger partial charge is 0.294 e. The molecule has 4 rings (SSSR count). The zero-order valence-electron chi connectivity index (χ0n) is 15.4. The molecule has 0 aliphatic rings. The fourth-order valence-electron chi connectivity index (χ4n) is 3.12. The van der Waals surface area contributed by atoms with Crippen molar-refractivity contribution in [3.8, 4) is 11.1 Å². The number of nitrogens with one attached hydrogen (secondary N) is 1. The van der Waals surface area contributed by atoms with E-state index < -0.39 is 5.91 Å². The van der Waals surface area contributed by atoms with Crippen molar-refractivity contribution >= 4 is 45.8 Å². The molecule has 0 radical (unpaired) electrons. The van der Waals surface area contributed by atoms with Crippen molar-refractivity contribution in [2.24, 2.45) is 7.05 Å². The lowest BCUT2D eigenvalue weighted by Gasteiger charge is -2.22. The van der Waals surface area contributed by atoms with Gasteiger partial charge in [-0.2, -0.15) is 5.10 Å². The fraction of sp³-hybridized carbons (Fsp3) is 0.150. The van der Waals surface area contributed by atoms with E-state index in [9.17, 15) is 9.90 Å². The number of rotatable bonds is 5. The van der Waals surface area contributed by atoms with Gasteiger partial charge in [-0.05, 0) is 29.8 Å². The zero-order chi connectivity index (χ0) is 20.5. The van der Waals surface area contributed by atoms with Gasteiger partial charge in [0.05, 0.1) is 39.6 Å². The Bertz CT molecular complexity index is 1200. The summed E-state index contributed by atoms with van der Waals surface area (Å²) in [5, 5.41) is 14.2. The Kier molecular flexibility index (Phi) is 5.27. The molecule has 29 heavy (non-hydrogen) atoms. The summed E-state index contributed by atoms with van der Waals surface area (Å²) in [6.45, 7) is -0.184. The number of aromatic nitrogens is 4. The third kappa shape index (κ3) is 3.72. The molecule has 2 heterocycles. The Morgan fingerprint density at radius 1 is 1.24 bits per heavy atom. The monoisotopic (exact) mass is 429 g/mol. The number of amides is 1. The summed E-state index contributed by atoms with van der Waals surface area (Å²) in [5.41, 5.74) is 3.69. The van der Waals surface area contributed by atoms with Crippen molar-refractivity contribution in [1.82, 2.24) is 19.7 Å². The van der Waals surface area contributed by atoms with Crippen LogP contribution in [0.4, 0.5) is 5.69 Å². The molecule has 2 aromatic heterocycles. The normalized spacial score (nSPS) is 11.2. The van der Waals surface area contributed by atoms with E-state index in [1.807, 2.05) is 31.4 Å². The maximum Gasteiger partial charge on any atom is 0.294 e. The number of carbonyl (C=O) groups excluding carboxylic acids is 1. The number of hydrogen-bond acceptors (Lipinski definition) is 4. The van der Waals surface area contributed by atoms with Crippen LogP contribution in [0.3, 0.4) is 0 Å². The number of aliphatic hydroxyl groups excluding tert-OH is 1. The minimum atomic E-state index is -0.414. The highest BCUT2D eigenvalue weighted by atomic mass is 35.5. The predicted octanol–water partition coefficient (Wildman–Crippen LogP) is 3.91. The van der Waals surface area contributed by atoms with E-state index >= 15 is 0 Å². The second kappa shape index (κ2) is 7.87. The molecular formula is C20H17Cl2N5O2. The number of H-pyrrole nitrogens is 1. The maximum absolute atomic E-state index is 13.1. The minimum absolute atomic E-state index is 0.0525. The van der Waals surface area contributed by atoms with Gasteiger partial charge in [0.2, 0.25) is 0 Å². The second-order valence-corrected chi connectivity index (χ2v) is 7.26. The summed E-state index contributed by atoms with van der Waals surface area (Å²) in [5.74, 6) is -0.268. The first-order valence-corrected chi connectivity index (χ1v) is 9.59. The van der Waals surface area contributed by atoms with Crippen molar-refractivity contribution in [1.29, 1.82) is 0 Å². The summed E-state index contributed by atoms with van der Waals surface area (Å²) in [6.07, 6.45) is 3.67. The number of aryl methyl sites for hydroxylation is 1. The first-order chi connectivity index (χ1) is 14.0. The van der Waals surface area contributed by atoms with Crippen LogP contribution in [0, 0.1) is 0 Å². The number of carbonyl (C=O) groups is 1. The largest absolute Gasteiger partial charge is 0.395 e. The van der Waals surface area contributed by atoms with Crippen molar-refractivity contribution in [3.63, 3.8) is 0 Å². The van der Waals surface area contributed by atoms with Gasteiger partial charge < -0.3 is 15.0 Å². The summed E-state index contributed by atoms with van der Waals surface area (Å²) in [4.78, 5) is 22.0. The van der Waals surface area contributed by atoms with E-state index in [0.717, 1.165) is 16.6 Å². The molecule has 0 atom stereocenters. The predicted molar refractivity (Wildman–Crippen MR) is 114 cm³/mol. The Balaban J connectivity index is 1.72. The van der Waals surface area contributed by atoms with E-state index in [2.05, 4.69) is 15.1 Å². The minimum Gasteiger partial charge on any atom is -0.395 e. The van der Waals surface area contributed by atoms with Crippen molar-refractivity contribution in [2.75, 3.05) is 18.1 Å². The lowest BCUT2D eigenvalue weighted by Crippen LogP contribution is -2.34. The number of anilines is 1. The van der Waals surface area contributed by atoms with Crippen LogP contribution in [-0.4, -0.2) is 43.9 Å². The third-order valence-corrected chi connectivity index (χ3v) is 5.32. The highest BCUT2D eigenvalue weighted by Gasteiger charge is 2.23. The van der Waals surface area contributed by atoms with Crippen LogP contribution in [0.25, 0.3) is 22.2 Å². The SMILES string of the molecule is Cn1cc(-c2ccc3[nH]c(C(=O)N(CCO)c4cccc(Cl)c4Cl)nc3c2)cn1. The lowest BCUT2D eigenvalue weighted by atomic mass is 10.1. The van der Waals surface area contributed by atoms with Crippen molar-refractivity contribution < 1.29 is 9.90 Å². The Labute approximate surface area is 176 Å². The van der Waals surface area contributed by atoms with Gasteiger partial charge in [-0.15, -0.1) is 0 Å². The molecule has 9 heteroatoms. The van der Waals surface area contributed by atoms with E-state index in [1.54, 1.807) is 29.1 Å². The first-order valence-electron chi connectivity index (χ1n) is 8.83. The van der Waals surface area contributed by atoms with Crippen LogP contribution in [-0.2, 0) is 7.05 Å². The molecule has 0 fully saturated rings. The van der Waals surface area contributed by atoms with Gasteiger partial charge >= 0.3 is 0 Å². The average molecular weight is 430 g/mol. The summed E-state index contributed by atoms with van der Waals surface area (Å²) >= 11 is 12.4. The number of imidazole rings is 1. The molecule has 0 unspecified atom stereocenters. The molecule has 0 aliphatic heterocycles. The van der Waals surface area contributed by atoms with Crippen LogP contribution < -0.4 is 4.90 Å². The molecular weight excluding hydrogens is 413 g/mol. The highest BCUT2D eigenvalue weighted by Crippen LogP contribution is 2.33. The number of halogens is 2. The van der Waals surface area contributed by atoms with Gasteiger partial charge in [0.15, 0.2) is 5.82 Å². The van der Waals surface area contributed by atoms with Crippen molar-refractivity contribution in [2.45, 2.75) is 0 Å². The van der Waals surface area contributed by atoms with Crippen LogP contribution >= 0.6 is 23.2 Å². The maximum atomic E-state index is 13.1. The molecule has 0 saturated carbocycles. The van der Waals surface area contributed by atoms with Gasteiger partial charge in [-0.1, -0.05) is 35.3 Å². The molecule has 0 saturated heterocycles. The number of aromatic amines is 1. The number of benzene rings is 2. The Hall–Kier alpha value is -2.87. The molecule has 2 aromatic carbocycles. The van der Waals surface area contributed by atoms with E-state index in [-0.39, 0.29) is 24.0 Å². The quantitative estimate of drug-likeness (QED) is 0.503. The lowest BCUT2D eigenvalue weighted by molar-refractivity contribution is 0.0972. The van der Waals surface area contributed by atoms with Crippen LogP contribution in [0.1, 0.15) is 10.6 Å². The standard InChI is InChI=1S/C20H17Cl2N5O2/c1-26-11-13(10-23-26)12-5-6-15-16(9-12)25-19(24-15)20(29)27(7-8-28)17-4-2-3-14(21)18(17)22/h2-6,9-11,28H,7-8H2,1H3,(H,24,25). The Morgan fingerprint density at radius 3 is 2.79 bits per heavy atom. The van der Waals surface area contributed by atoms with Crippen molar-refractivity contribution in [3.05, 3.63) is 64.7 Å². The number of nitrogens with zero attached hydrogens (tertiary/aromatic N) is 4. The number of fused-ring (bicyclic) bond motifs is 1. The summed E-state index contributed by atoms with van der Waals surface area (Å²) in [7, 11) is 1.85. The van der Waals surface area contributed by atoms with Gasteiger partial charge in [-0.25, -0.2) is 4.98 Å². The van der Waals surface area contributed by atoms with Gasteiger partial charge in [-0.3, -0.25) is 9.48 Å². The fourth-order valence-corrected chi connectivity index (χ4v) is 3.51. The van der Waals surface area contributed by atoms with E-state index in [1.165, 1.54) is 4.90 Å². The van der Waals surface area contributed by atoms with Gasteiger partial charge in [0, 0.05) is 25.4 Å². The first kappa shape index (κ1) is 19.4. The molecule has 0 bridgehead atoms. The second-order valence-electron chi connectivity index (χ2n) is 6.47. The molecule has 148 valence electrons. The van der Waals surface area contributed by atoms with E-state index in [4.69, 9.17) is 23.2 Å². The molecule has 0 aliphatic carbocycles. The molecule has 1 amide bonds. The van der Waals surface area contributed by atoms with Crippen LogP contribution in [0.15, 0.2) is 48.8 Å². The average Bonchev–Trinajstić information content (AvgIpc) is 3.33. The molecule has 2 N–H and O–H groups in total. The molecule has 7 nitrogen and oxygen atoms in total. The Morgan fingerprint density at radius 2 is 2.07 bits per heavy atom. The number of hydrogen-bond donors (Lipinski definition) is 2. The van der Waals surface area contributed by atoms with Gasteiger partial charge in [0.25, 0.3) is 5.91 Å². The van der Waals surface area contributed by atoms with Crippen LogP contribution in [0.5, 0.6) is 0 Å². The van der Waals surface area contributed by atoms with Crippen LogP contribution in [0.2, 0.25) is 10.0 Å². The highest BCUT2D eigenvalue weighted by molar-refractivity contribution is 6.44. The topological polar surface area (TPSA) is 87.0 Å². The molecule has 4 aromatic rings. The summed E-state index contributed by atoms with van der Waals surface area (Å²) < 4.78 is 1.72. The zero-order valence-corrected chi connectivity index (χ0v) is 16.9. The van der Waals surface area contributed by atoms with Gasteiger partial charge in [0.1, 0.15) is 0 Å². The number of aliphatic hydroxyl groups is 1.